The lowest BCUT2D eigenvalue weighted by Gasteiger charge is -2.38. The van der Waals surface area contributed by atoms with E-state index < -0.39 is 8.32 Å². The van der Waals surface area contributed by atoms with E-state index in [1.807, 2.05) is 6.92 Å². The van der Waals surface area contributed by atoms with E-state index >= 15 is 0 Å². The fraction of sp³-hybridized carbons (Fsp3) is 0.682. The summed E-state index contributed by atoms with van der Waals surface area (Å²) in [7, 11) is -1.88. The van der Waals surface area contributed by atoms with Gasteiger partial charge < -0.3 is 9.16 Å². The quantitative estimate of drug-likeness (QED) is 0.494. The summed E-state index contributed by atoms with van der Waals surface area (Å²) in [6.07, 6.45) is 1.72. The highest BCUT2D eigenvalue weighted by molar-refractivity contribution is 6.74. The summed E-state index contributed by atoms with van der Waals surface area (Å²) in [5, 5.41) is 0.162. The molecule has 0 bridgehead atoms. The van der Waals surface area contributed by atoms with Crippen molar-refractivity contribution in [3.63, 3.8) is 0 Å². The lowest BCUT2D eigenvalue weighted by Crippen LogP contribution is -2.43. The summed E-state index contributed by atoms with van der Waals surface area (Å²) in [6, 6.07) is 8.59. The molecule has 0 aromatic heterocycles. The van der Waals surface area contributed by atoms with Crippen LogP contribution >= 0.6 is 0 Å². The van der Waals surface area contributed by atoms with Gasteiger partial charge >= 0.3 is 5.97 Å². The molecule has 3 atom stereocenters. The first kappa shape index (κ1) is 21.2. The van der Waals surface area contributed by atoms with Gasteiger partial charge in [-0.15, -0.1) is 0 Å². The molecule has 0 spiro atoms. The van der Waals surface area contributed by atoms with Crippen LogP contribution in [0.2, 0.25) is 18.1 Å². The minimum atomic E-state index is -1.88. The minimum absolute atomic E-state index is 0.0862. The van der Waals surface area contributed by atoms with Crippen LogP contribution in [0, 0.1) is 12.8 Å². The molecule has 0 radical (unpaired) electrons. The normalized spacial score (nSPS) is 26.8. The van der Waals surface area contributed by atoms with Crippen molar-refractivity contribution in [1.82, 2.24) is 0 Å². The summed E-state index contributed by atoms with van der Waals surface area (Å²) in [5.74, 6) is -0.239. The Morgan fingerprint density at radius 1 is 1.23 bits per heavy atom. The maximum absolute atomic E-state index is 12.7. The highest BCUT2D eigenvalue weighted by Gasteiger charge is 2.52. The predicted molar refractivity (Wildman–Crippen MR) is 110 cm³/mol. The van der Waals surface area contributed by atoms with Crippen molar-refractivity contribution in [2.75, 3.05) is 6.61 Å². The van der Waals surface area contributed by atoms with Crippen LogP contribution in [0.1, 0.15) is 58.6 Å². The summed E-state index contributed by atoms with van der Waals surface area (Å²) in [6.45, 7) is 17.9. The summed E-state index contributed by atoms with van der Waals surface area (Å²) < 4.78 is 12.1. The number of benzene rings is 1. The van der Waals surface area contributed by atoms with Gasteiger partial charge in [0.1, 0.15) is 0 Å². The van der Waals surface area contributed by atoms with Gasteiger partial charge in [-0.25, -0.2) is 0 Å². The second-order valence-electron chi connectivity index (χ2n) is 9.53. The van der Waals surface area contributed by atoms with E-state index in [9.17, 15) is 4.79 Å². The fourth-order valence-electron chi connectivity index (χ4n) is 3.76. The number of rotatable bonds is 5. The Hall–Kier alpha value is -1.13. The number of hydrogen-bond donors (Lipinski definition) is 0. The van der Waals surface area contributed by atoms with Crippen molar-refractivity contribution in [2.24, 2.45) is 5.92 Å². The smallest absolute Gasteiger partial charge is 0.309 e. The summed E-state index contributed by atoms with van der Waals surface area (Å²) >= 11 is 0. The number of hydrogen-bond acceptors (Lipinski definition) is 3. The Bertz CT molecular complexity index is 630. The van der Waals surface area contributed by atoms with E-state index in [1.54, 1.807) is 0 Å². The van der Waals surface area contributed by atoms with Crippen LogP contribution < -0.4 is 0 Å². The van der Waals surface area contributed by atoms with Crippen LogP contribution in [0.3, 0.4) is 0 Å². The molecule has 0 amide bonds. The summed E-state index contributed by atoms with van der Waals surface area (Å²) in [5.41, 5.74) is 2.20. The van der Waals surface area contributed by atoms with E-state index in [0.717, 1.165) is 12.8 Å². The molecule has 0 N–H and O–H groups in total. The van der Waals surface area contributed by atoms with Gasteiger partial charge in [0.2, 0.25) is 0 Å². The van der Waals surface area contributed by atoms with Crippen LogP contribution in [0.5, 0.6) is 0 Å². The van der Waals surface area contributed by atoms with Crippen LogP contribution in [-0.4, -0.2) is 27.0 Å². The first-order valence-electron chi connectivity index (χ1n) is 9.82. The fourth-order valence-corrected chi connectivity index (χ4v) is 5.12. The molecule has 1 aliphatic carbocycles. The van der Waals surface area contributed by atoms with Crippen LogP contribution in [0.4, 0.5) is 0 Å². The molecule has 0 aliphatic heterocycles. The molecule has 26 heavy (non-hydrogen) atoms. The highest BCUT2D eigenvalue weighted by atomic mass is 28.4. The molecule has 4 heteroatoms. The lowest BCUT2D eigenvalue weighted by molar-refractivity contribution is -0.149. The van der Waals surface area contributed by atoms with E-state index in [1.165, 1.54) is 11.1 Å². The van der Waals surface area contributed by atoms with Crippen LogP contribution in [-0.2, 0) is 19.4 Å². The van der Waals surface area contributed by atoms with E-state index in [-0.39, 0.29) is 28.4 Å². The van der Waals surface area contributed by atoms with Gasteiger partial charge in [0.15, 0.2) is 8.32 Å². The average molecular weight is 377 g/mol. The third-order valence-corrected chi connectivity index (χ3v) is 11.0. The molecule has 2 rings (SSSR count). The van der Waals surface area contributed by atoms with Crippen molar-refractivity contribution >= 4 is 14.3 Å². The molecule has 1 saturated carbocycles. The first-order chi connectivity index (χ1) is 11.9. The Morgan fingerprint density at radius 3 is 2.31 bits per heavy atom. The Labute approximate surface area is 160 Å². The molecule has 0 unspecified atom stereocenters. The molecule has 0 heterocycles. The van der Waals surface area contributed by atoms with Gasteiger partial charge in [-0.1, -0.05) is 57.5 Å². The zero-order chi connectivity index (χ0) is 19.8. The average Bonchev–Trinajstić information content (AvgIpc) is 2.84. The molecule has 146 valence electrons. The maximum Gasteiger partial charge on any atom is 0.309 e. The lowest BCUT2D eigenvalue weighted by atomic mass is 9.74. The van der Waals surface area contributed by atoms with Crippen LogP contribution in [0.25, 0.3) is 0 Å². The van der Waals surface area contributed by atoms with E-state index in [0.29, 0.717) is 6.61 Å². The number of aryl methyl sites for hydroxylation is 1. The molecular formula is C22H36O3Si. The van der Waals surface area contributed by atoms with Gasteiger partial charge in [0.05, 0.1) is 12.5 Å². The van der Waals surface area contributed by atoms with Crippen molar-refractivity contribution in [3.05, 3.63) is 35.4 Å². The number of ether oxygens (including phenoxy) is 1. The Morgan fingerprint density at radius 2 is 1.81 bits per heavy atom. The zero-order valence-electron chi connectivity index (χ0n) is 17.8. The third-order valence-electron chi connectivity index (χ3n) is 6.47. The van der Waals surface area contributed by atoms with Gasteiger partial charge in [0.25, 0.3) is 0 Å². The van der Waals surface area contributed by atoms with E-state index in [2.05, 4.69) is 72.0 Å². The maximum atomic E-state index is 12.7. The SMILES string of the molecule is CCOC(=O)[C@@H]1C[C@H](O[Si](C)(C)C(C)(C)C)C[C@@]1(C)c1ccc(C)cc1. The third kappa shape index (κ3) is 4.23. The van der Waals surface area contributed by atoms with Gasteiger partial charge in [-0.05, 0) is 50.4 Å². The molecule has 1 aromatic carbocycles. The monoisotopic (exact) mass is 376 g/mol. The molecular weight excluding hydrogens is 340 g/mol. The number of carbonyl (C=O) groups excluding carboxylic acids is 1. The summed E-state index contributed by atoms with van der Waals surface area (Å²) in [4.78, 5) is 12.7. The van der Waals surface area contributed by atoms with Crippen molar-refractivity contribution in [1.29, 1.82) is 0 Å². The topological polar surface area (TPSA) is 35.5 Å². The van der Waals surface area contributed by atoms with Gasteiger partial charge in [-0.2, -0.15) is 0 Å². The molecule has 0 saturated heterocycles. The van der Waals surface area contributed by atoms with Gasteiger partial charge in [-0.3, -0.25) is 4.79 Å². The van der Waals surface area contributed by atoms with E-state index in [4.69, 9.17) is 9.16 Å². The largest absolute Gasteiger partial charge is 0.466 e. The van der Waals surface area contributed by atoms with Crippen molar-refractivity contribution < 1.29 is 14.0 Å². The predicted octanol–water partition coefficient (Wildman–Crippen LogP) is 5.62. The zero-order valence-corrected chi connectivity index (χ0v) is 18.8. The van der Waals surface area contributed by atoms with Crippen molar-refractivity contribution in [2.45, 2.75) is 84.0 Å². The van der Waals surface area contributed by atoms with Gasteiger partial charge in [0, 0.05) is 11.5 Å². The Balaban J connectivity index is 2.32. The highest BCUT2D eigenvalue weighted by Crippen LogP contribution is 2.49. The standard InChI is InChI=1S/C22H36O3Si/c1-9-24-20(23)19-14-18(25-26(7,8)21(3,4)5)15-22(19,6)17-12-10-16(2)11-13-17/h10-13,18-19H,9,14-15H2,1-8H3/t18-,19-,22-/m0/s1. The second kappa shape index (κ2) is 7.47. The second-order valence-corrected chi connectivity index (χ2v) is 14.3. The molecule has 3 nitrogen and oxygen atoms in total. The molecule has 1 fully saturated rings. The molecule has 1 aliphatic rings. The Kier molecular flexibility index (Phi) is 6.08. The first-order valence-corrected chi connectivity index (χ1v) is 12.7. The number of carbonyl (C=O) groups is 1. The van der Waals surface area contributed by atoms with Crippen LogP contribution in [0.15, 0.2) is 24.3 Å². The van der Waals surface area contributed by atoms with Crippen molar-refractivity contribution in [3.8, 4) is 0 Å². The minimum Gasteiger partial charge on any atom is -0.466 e. The number of esters is 1. The molecule has 1 aromatic rings.